The molecule has 0 amide bonds. The number of carbonyl (C=O) groups is 1. The lowest BCUT2D eigenvalue weighted by molar-refractivity contribution is -0.118. The van der Waals surface area contributed by atoms with Crippen molar-refractivity contribution in [3.05, 3.63) is 46.3 Å². The molecule has 1 N–H and O–H groups in total. The van der Waals surface area contributed by atoms with Crippen LogP contribution in [0.2, 0.25) is 0 Å². The van der Waals surface area contributed by atoms with Gasteiger partial charge in [0.15, 0.2) is 17.3 Å². The molecule has 4 rings (SSSR count). The highest BCUT2D eigenvalue weighted by atomic mass is 16.5. The summed E-state index contributed by atoms with van der Waals surface area (Å²) in [6, 6.07) is 5.75. The molecular weight excluding hydrogens is 344 g/mol. The Morgan fingerprint density at radius 2 is 2.00 bits per heavy atom. The normalized spacial score (nSPS) is 20.6. The average Bonchev–Trinajstić information content (AvgIpc) is 2.98. The number of methoxy groups -OCH3 is 2. The Labute approximate surface area is 158 Å². The Bertz CT molecular complexity index is 955. The molecule has 1 aliphatic heterocycles. The number of aromatic nitrogens is 1. The van der Waals surface area contributed by atoms with Crippen molar-refractivity contribution in [3.8, 4) is 11.5 Å². The number of anilines is 1. The lowest BCUT2D eigenvalue weighted by Gasteiger charge is -2.38. The molecule has 1 atom stereocenters. The number of allylic oxidation sites excluding steroid dienone is 2. The maximum atomic E-state index is 13.2. The number of rotatable bonds is 3. The fourth-order valence-corrected chi connectivity index (χ4v) is 4.32. The van der Waals surface area contributed by atoms with Crippen LogP contribution in [0.4, 0.5) is 5.88 Å². The first-order chi connectivity index (χ1) is 12.9. The first-order valence-corrected chi connectivity index (χ1v) is 9.06. The Morgan fingerprint density at radius 1 is 1.22 bits per heavy atom. The number of nitrogens with one attached hydrogen (secondary N) is 1. The third-order valence-corrected chi connectivity index (χ3v) is 5.41. The third-order valence-electron chi connectivity index (χ3n) is 5.41. The van der Waals surface area contributed by atoms with Gasteiger partial charge in [0.2, 0.25) is 5.88 Å². The molecule has 1 aromatic carbocycles. The van der Waals surface area contributed by atoms with Gasteiger partial charge in [0, 0.05) is 23.3 Å². The number of carbonyl (C=O) groups excluding carboxylic acids is 1. The summed E-state index contributed by atoms with van der Waals surface area (Å²) in [7, 11) is 3.23. The van der Waals surface area contributed by atoms with Gasteiger partial charge in [-0.1, -0.05) is 31.1 Å². The van der Waals surface area contributed by atoms with E-state index in [0.717, 1.165) is 34.5 Å². The minimum absolute atomic E-state index is 0.0987. The number of nitrogens with zero attached hydrogens (tertiary/aromatic N) is 1. The van der Waals surface area contributed by atoms with E-state index in [9.17, 15) is 4.79 Å². The van der Waals surface area contributed by atoms with Gasteiger partial charge in [-0.2, -0.15) is 0 Å². The van der Waals surface area contributed by atoms with Gasteiger partial charge in [0.1, 0.15) is 0 Å². The molecule has 142 valence electrons. The van der Waals surface area contributed by atoms with Gasteiger partial charge >= 0.3 is 0 Å². The van der Waals surface area contributed by atoms with E-state index < -0.39 is 0 Å². The molecule has 6 heteroatoms. The topological polar surface area (TPSA) is 73.6 Å². The van der Waals surface area contributed by atoms with Gasteiger partial charge in [-0.3, -0.25) is 4.79 Å². The zero-order chi connectivity index (χ0) is 19.3. The van der Waals surface area contributed by atoms with Crippen molar-refractivity contribution in [1.82, 2.24) is 5.16 Å². The quantitative estimate of drug-likeness (QED) is 0.875. The molecule has 0 radical (unpaired) electrons. The predicted molar refractivity (Wildman–Crippen MR) is 101 cm³/mol. The number of fused-ring (bicyclic) bond motifs is 1. The summed E-state index contributed by atoms with van der Waals surface area (Å²) in [4.78, 5) is 13.2. The Hall–Kier alpha value is -2.76. The second-order valence-electron chi connectivity index (χ2n) is 7.98. The van der Waals surface area contributed by atoms with E-state index in [1.54, 1.807) is 14.2 Å². The molecule has 0 spiro atoms. The molecule has 0 saturated heterocycles. The van der Waals surface area contributed by atoms with Crippen LogP contribution in [-0.2, 0) is 4.79 Å². The molecule has 1 aliphatic carbocycles. The molecule has 2 aliphatic rings. The average molecular weight is 368 g/mol. The van der Waals surface area contributed by atoms with Crippen LogP contribution >= 0.6 is 0 Å². The highest BCUT2D eigenvalue weighted by Gasteiger charge is 2.44. The first-order valence-electron chi connectivity index (χ1n) is 9.06. The van der Waals surface area contributed by atoms with E-state index in [1.165, 1.54) is 0 Å². The summed E-state index contributed by atoms with van der Waals surface area (Å²) in [6.07, 6.45) is 1.28. The summed E-state index contributed by atoms with van der Waals surface area (Å²) >= 11 is 0. The number of benzene rings is 1. The van der Waals surface area contributed by atoms with Crippen molar-refractivity contribution < 1.29 is 18.8 Å². The van der Waals surface area contributed by atoms with Crippen LogP contribution in [0, 0.1) is 12.3 Å². The lowest BCUT2D eigenvalue weighted by atomic mass is 9.69. The number of hydrogen-bond donors (Lipinski definition) is 1. The maximum Gasteiger partial charge on any atom is 0.233 e. The molecule has 0 saturated carbocycles. The van der Waals surface area contributed by atoms with Crippen LogP contribution in [-0.4, -0.2) is 25.2 Å². The van der Waals surface area contributed by atoms with Gasteiger partial charge in [-0.15, -0.1) is 0 Å². The molecule has 2 aromatic rings. The van der Waals surface area contributed by atoms with Gasteiger partial charge in [0.25, 0.3) is 0 Å². The second-order valence-corrected chi connectivity index (χ2v) is 7.98. The number of para-hydroxylation sites is 1. The third kappa shape index (κ3) is 2.71. The Kier molecular flexibility index (Phi) is 4.02. The molecule has 27 heavy (non-hydrogen) atoms. The largest absolute Gasteiger partial charge is 0.493 e. The van der Waals surface area contributed by atoms with Crippen molar-refractivity contribution >= 4 is 11.7 Å². The molecule has 1 aromatic heterocycles. The molecule has 0 fully saturated rings. The summed E-state index contributed by atoms with van der Waals surface area (Å²) in [5, 5.41) is 7.47. The fourth-order valence-electron chi connectivity index (χ4n) is 4.32. The zero-order valence-electron chi connectivity index (χ0n) is 16.3. The van der Waals surface area contributed by atoms with E-state index in [1.807, 2.05) is 25.1 Å². The van der Waals surface area contributed by atoms with E-state index in [4.69, 9.17) is 14.0 Å². The molecular formula is C21H24N2O4. The molecule has 0 bridgehead atoms. The van der Waals surface area contributed by atoms with Crippen LogP contribution in [0.1, 0.15) is 49.4 Å². The monoisotopic (exact) mass is 368 g/mol. The summed E-state index contributed by atoms with van der Waals surface area (Å²) in [5.74, 6) is 1.72. The summed E-state index contributed by atoms with van der Waals surface area (Å²) < 4.78 is 16.7. The highest BCUT2D eigenvalue weighted by Crippen LogP contribution is 2.52. The molecule has 0 unspecified atom stereocenters. The van der Waals surface area contributed by atoms with Crippen molar-refractivity contribution in [2.45, 2.75) is 39.5 Å². The van der Waals surface area contributed by atoms with Crippen molar-refractivity contribution in [3.63, 3.8) is 0 Å². The van der Waals surface area contributed by atoms with Gasteiger partial charge < -0.3 is 19.3 Å². The number of Topliss-reactive ketones (excluding diaryl/α,β-unsaturated/α-hetero) is 1. The van der Waals surface area contributed by atoms with Crippen LogP contribution in [0.5, 0.6) is 11.5 Å². The van der Waals surface area contributed by atoms with Gasteiger partial charge in [-0.05, 0) is 24.8 Å². The minimum Gasteiger partial charge on any atom is -0.493 e. The smallest absolute Gasteiger partial charge is 0.233 e. The van der Waals surface area contributed by atoms with Crippen LogP contribution in [0.15, 0.2) is 34.0 Å². The van der Waals surface area contributed by atoms with Crippen molar-refractivity contribution in [2.24, 2.45) is 5.41 Å². The van der Waals surface area contributed by atoms with E-state index >= 15 is 0 Å². The number of ether oxygens (including phenoxy) is 2. The first kappa shape index (κ1) is 17.6. The van der Waals surface area contributed by atoms with E-state index in [2.05, 4.69) is 24.3 Å². The molecule has 6 nitrogen and oxygen atoms in total. The van der Waals surface area contributed by atoms with E-state index in [0.29, 0.717) is 23.8 Å². The Morgan fingerprint density at radius 3 is 2.70 bits per heavy atom. The minimum atomic E-state index is -0.295. The second kappa shape index (κ2) is 6.15. The lowest BCUT2D eigenvalue weighted by Crippen LogP contribution is -2.33. The number of ketones is 1. The van der Waals surface area contributed by atoms with E-state index in [-0.39, 0.29) is 17.1 Å². The summed E-state index contributed by atoms with van der Waals surface area (Å²) in [6.45, 7) is 6.11. The number of hydrogen-bond acceptors (Lipinski definition) is 6. The number of aryl methyl sites for hydroxylation is 1. The highest BCUT2D eigenvalue weighted by molar-refractivity contribution is 6.01. The predicted octanol–water partition coefficient (Wildman–Crippen LogP) is 4.20. The maximum absolute atomic E-state index is 13.2. The zero-order valence-corrected chi connectivity index (χ0v) is 16.3. The van der Waals surface area contributed by atoms with Crippen LogP contribution in [0.3, 0.4) is 0 Å². The summed E-state index contributed by atoms with van der Waals surface area (Å²) in [5.41, 5.74) is 4.12. The van der Waals surface area contributed by atoms with Gasteiger partial charge in [-0.25, -0.2) is 0 Å². The Balaban J connectivity index is 1.98. The van der Waals surface area contributed by atoms with Crippen molar-refractivity contribution in [1.29, 1.82) is 0 Å². The van der Waals surface area contributed by atoms with Gasteiger partial charge in [0.05, 0.1) is 31.4 Å². The van der Waals surface area contributed by atoms with Crippen LogP contribution < -0.4 is 14.8 Å². The van der Waals surface area contributed by atoms with Crippen molar-refractivity contribution in [2.75, 3.05) is 19.5 Å². The fraction of sp³-hybridized carbons (Fsp3) is 0.429. The SMILES string of the molecule is COc1cccc([C@@H]2C3=C(CC(C)(C)CC3=O)Nc3onc(C)c32)c1OC. The standard InChI is InChI=1S/C21H24N2O4/c1-11-16-17(12-7-6-8-15(25-4)19(12)26-5)18-13(22-20(16)27-23-11)9-21(2,3)10-14(18)24/h6-8,17,22H,9-10H2,1-5H3/t17-/m0/s1. The van der Waals surface area contributed by atoms with Crippen LogP contribution in [0.25, 0.3) is 0 Å². The molecule has 2 heterocycles.